The lowest BCUT2D eigenvalue weighted by Gasteiger charge is -2.02. The number of ether oxygens (including phenoxy) is 1. The molecule has 0 fully saturated rings. The Labute approximate surface area is 85.6 Å². The van der Waals surface area contributed by atoms with Crippen molar-refractivity contribution < 1.29 is 9.84 Å². The molecule has 0 aromatic rings. The normalized spacial score (nSPS) is 16.1. The molecule has 0 saturated heterocycles. The molecule has 0 unspecified atom stereocenters. The van der Waals surface area contributed by atoms with Gasteiger partial charge < -0.3 is 9.84 Å². The van der Waals surface area contributed by atoms with Crippen molar-refractivity contribution >= 4 is 0 Å². The van der Waals surface area contributed by atoms with E-state index in [1.807, 2.05) is 0 Å². The molecule has 0 spiro atoms. The average molecular weight is 194 g/mol. The van der Waals surface area contributed by atoms with Gasteiger partial charge in [0.2, 0.25) is 0 Å². The quantitative estimate of drug-likeness (QED) is 0.680. The lowest BCUT2D eigenvalue weighted by molar-refractivity contribution is 0.0947. The van der Waals surface area contributed by atoms with Crippen LogP contribution >= 0.6 is 0 Å². The maximum Gasteiger partial charge on any atom is 0.0697 e. The molecule has 0 saturated carbocycles. The number of allylic oxidation sites excluding steroid dienone is 5. The first kappa shape index (κ1) is 11.2. The fraction of sp³-hybridized carbons (Fsp3) is 0.500. The van der Waals surface area contributed by atoms with Gasteiger partial charge in [0.05, 0.1) is 19.8 Å². The van der Waals surface area contributed by atoms with Crippen molar-refractivity contribution in [1.29, 1.82) is 0 Å². The SMILES string of the molecule is CC1=CCC=C(CCOCCO)C=C1. The van der Waals surface area contributed by atoms with E-state index in [2.05, 4.69) is 31.2 Å². The Bertz CT molecular complexity index is 249. The summed E-state index contributed by atoms with van der Waals surface area (Å²) in [7, 11) is 0. The first-order chi connectivity index (χ1) is 6.83. The van der Waals surface area contributed by atoms with Gasteiger partial charge in [0.1, 0.15) is 0 Å². The van der Waals surface area contributed by atoms with Gasteiger partial charge in [0.25, 0.3) is 0 Å². The summed E-state index contributed by atoms with van der Waals surface area (Å²) < 4.78 is 5.21. The predicted octanol–water partition coefficient (Wildman–Crippen LogP) is 2.22. The summed E-state index contributed by atoms with van der Waals surface area (Å²) in [4.78, 5) is 0. The van der Waals surface area contributed by atoms with E-state index < -0.39 is 0 Å². The summed E-state index contributed by atoms with van der Waals surface area (Å²) in [5.74, 6) is 0. The molecule has 0 aromatic carbocycles. The van der Waals surface area contributed by atoms with Crippen molar-refractivity contribution in [2.24, 2.45) is 0 Å². The number of aliphatic hydroxyl groups is 1. The molecule has 1 N–H and O–H groups in total. The smallest absolute Gasteiger partial charge is 0.0697 e. The van der Waals surface area contributed by atoms with Crippen molar-refractivity contribution in [2.75, 3.05) is 19.8 Å². The van der Waals surface area contributed by atoms with E-state index >= 15 is 0 Å². The van der Waals surface area contributed by atoms with Gasteiger partial charge in [-0.1, -0.05) is 29.9 Å². The topological polar surface area (TPSA) is 29.5 Å². The Balaban J connectivity index is 2.25. The van der Waals surface area contributed by atoms with Crippen LogP contribution in [0.3, 0.4) is 0 Å². The molecule has 78 valence electrons. The van der Waals surface area contributed by atoms with Crippen LogP contribution in [0.25, 0.3) is 0 Å². The summed E-state index contributed by atoms with van der Waals surface area (Å²) in [6.45, 7) is 3.34. The maximum atomic E-state index is 8.52. The van der Waals surface area contributed by atoms with Gasteiger partial charge in [-0.25, -0.2) is 0 Å². The minimum absolute atomic E-state index is 0.107. The standard InChI is InChI=1S/C12H18O2/c1-11-3-2-4-12(6-5-11)7-9-14-10-8-13/h3-6,13H,2,7-10H2,1H3. The van der Waals surface area contributed by atoms with Crippen molar-refractivity contribution in [3.8, 4) is 0 Å². The average Bonchev–Trinajstić information content (AvgIpc) is 2.38. The highest BCUT2D eigenvalue weighted by Crippen LogP contribution is 2.12. The monoisotopic (exact) mass is 194 g/mol. The zero-order chi connectivity index (χ0) is 10.2. The highest BCUT2D eigenvalue weighted by Gasteiger charge is 1.96. The third-order valence-corrected chi connectivity index (χ3v) is 2.15. The molecule has 0 bridgehead atoms. The Morgan fingerprint density at radius 3 is 2.93 bits per heavy atom. The van der Waals surface area contributed by atoms with E-state index in [-0.39, 0.29) is 6.61 Å². The Morgan fingerprint density at radius 1 is 1.29 bits per heavy atom. The summed E-state index contributed by atoms with van der Waals surface area (Å²) >= 11 is 0. The minimum atomic E-state index is 0.107. The van der Waals surface area contributed by atoms with Crippen LogP contribution in [0.5, 0.6) is 0 Å². The summed E-state index contributed by atoms with van der Waals surface area (Å²) in [5.41, 5.74) is 2.63. The van der Waals surface area contributed by atoms with Crippen LogP contribution in [0, 0.1) is 0 Å². The van der Waals surface area contributed by atoms with Crippen molar-refractivity contribution in [2.45, 2.75) is 19.8 Å². The number of hydrogen-bond donors (Lipinski definition) is 1. The zero-order valence-corrected chi connectivity index (χ0v) is 8.70. The molecule has 1 rings (SSSR count). The molecule has 14 heavy (non-hydrogen) atoms. The van der Waals surface area contributed by atoms with Gasteiger partial charge >= 0.3 is 0 Å². The molecular weight excluding hydrogens is 176 g/mol. The second-order valence-electron chi connectivity index (χ2n) is 3.38. The molecule has 2 nitrogen and oxygen atoms in total. The molecule has 1 aliphatic carbocycles. The van der Waals surface area contributed by atoms with E-state index in [0.717, 1.165) is 12.8 Å². The molecule has 0 atom stereocenters. The number of hydrogen-bond acceptors (Lipinski definition) is 2. The van der Waals surface area contributed by atoms with E-state index in [4.69, 9.17) is 9.84 Å². The highest BCUT2D eigenvalue weighted by molar-refractivity contribution is 5.30. The fourth-order valence-corrected chi connectivity index (χ4v) is 1.31. The first-order valence-corrected chi connectivity index (χ1v) is 5.05. The van der Waals surface area contributed by atoms with Crippen LogP contribution in [-0.4, -0.2) is 24.9 Å². The molecule has 1 aliphatic rings. The molecular formula is C12H18O2. The Hall–Kier alpha value is -0.860. The van der Waals surface area contributed by atoms with Crippen LogP contribution in [0.15, 0.2) is 35.5 Å². The van der Waals surface area contributed by atoms with Gasteiger partial charge in [-0.2, -0.15) is 0 Å². The molecule has 0 radical (unpaired) electrons. The molecule has 0 aromatic heterocycles. The van der Waals surface area contributed by atoms with Crippen molar-refractivity contribution in [3.63, 3.8) is 0 Å². The van der Waals surface area contributed by atoms with E-state index in [0.29, 0.717) is 13.2 Å². The Morgan fingerprint density at radius 2 is 2.14 bits per heavy atom. The van der Waals surface area contributed by atoms with Crippen LogP contribution in [-0.2, 0) is 4.74 Å². The third-order valence-electron chi connectivity index (χ3n) is 2.15. The van der Waals surface area contributed by atoms with Crippen molar-refractivity contribution in [3.05, 3.63) is 35.5 Å². The number of aliphatic hydroxyl groups excluding tert-OH is 1. The van der Waals surface area contributed by atoms with Gasteiger partial charge in [-0.3, -0.25) is 0 Å². The fourth-order valence-electron chi connectivity index (χ4n) is 1.31. The summed E-state index contributed by atoms with van der Waals surface area (Å²) in [6, 6.07) is 0. The van der Waals surface area contributed by atoms with Gasteiger partial charge in [0, 0.05) is 0 Å². The second-order valence-corrected chi connectivity index (χ2v) is 3.38. The van der Waals surface area contributed by atoms with Gasteiger partial charge in [-0.05, 0) is 25.3 Å². The molecule has 2 heteroatoms. The van der Waals surface area contributed by atoms with Gasteiger partial charge in [0.15, 0.2) is 0 Å². The zero-order valence-electron chi connectivity index (χ0n) is 8.70. The van der Waals surface area contributed by atoms with Crippen molar-refractivity contribution in [1.82, 2.24) is 0 Å². The van der Waals surface area contributed by atoms with Crippen LogP contribution in [0.4, 0.5) is 0 Å². The van der Waals surface area contributed by atoms with Crippen LogP contribution in [0.2, 0.25) is 0 Å². The highest BCUT2D eigenvalue weighted by atomic mass is 16.5. The summed E-state index contributed by atoms with van der Waals surface area (Å²) in [5, 5.41) is 8.52. The van der Waals surface area contributed by atoms with Crippen LogP contribution in [0.1, 0.15) is 19.8 Å². The van der Waals surface area contributed by atoms with E-state index in [9.17, 15) is 0 Å². The minimum Gasteiger partial charge on any atom is -0.394 e. The number of rotatable bonds is 5. The van der Waals surface area contributed by atoms with E-state index in [1.165, 1.54) is 11.1 Å². The van der Waals surface area contributed by atoms with E-state index in [1.54, 1.807) is 0 Å². The largest absolute Gasteiger partial charge is 0.394 e. The third kappa shape index (κ3) is 4.40. The predicted molar refractivity (Wildman–Crippen MR) is 58.1 cm³/mol. The lowest BCUT2D eigenvalue weighted by atomic mass is 10.1. The Kier molecular flexibility index (Phi) is 5.27. The summed E-state index contributed by atoms with van der Waals surface area (Å²) in [6.07, 6.45) is 10.6. The molecule has 0 amide bonds. The van der Waals surface area contributed by atoms with Gasteiger partial charge in [-0.15, -0.1) is 0 Å². The first-order valence-electron chi connectivity index (χ1n) is 5.05. The lowest BCUT2D eigenvalue weighted by Crippen LogP contribution is -2.01. The maximum absolute atomic E-state index is 8.52. The molecule has 0 heterocycles. The molecule has 0 aliphatic heterocycles. The second kappa shape index (κ2) is 6.57. The van der Waals surface area contributed by atoms with Crippen LogP contribution < -0.4 is 0 Å².